The molecule has 0 radical (unpaired) electrons. The number of carbonyl (C=O) groups is 1. The first-order valence-electron chi connectivity index (χ1n) is 6.81. The number of carbonyl (C=O) groups excluding carboxylic acids is 1. The van der Waals surface area contributed by atoms with Crippen LogP contribution >= 0.6 is 24.2 Å². The van der Waals surface area contributed by atoms with Crippen molar-refractivity contribution in [3.8, 4) is 0 Å². The second-order valence-electron chi connectivity index (χ2n) is 4.91. The minimum absolute atomic E-state index is 0. The molecule has 1 fully saturated rings. The Morgan fingerprint density at radius 3 is 3.15 bits per heavy atom. The Morgan fingerprint density at radius 2 is 2.50 bits per heavy atom. The molecule has 114 valence electrons. The summed E-state index contributed by atoms with van der Waals surface area (Å²) in [6.07, 6.45) is 5.38. The second kappa shape index (κ2) is 9.26. The molecule has 2 rings (SSSR count). The Labute approximate surface area is 130 Å². The summed E-state index contributed by atoms with van der Waals surface area (Å²) in [5.41, 5.74) is 1.17. The summed E-state index contributed by atoms with van der Waals surface area (Å²) < 4.78 is 1.92. The minimum Gasteiger partial charge on any atom is -0.356 e. The number of amides is 1. The third-order valence-electron chi connectivity index (χ3n) is 3.08. The second-order valence-corrected chi connectivity index (χ2v) is 6.06. The summed E-state index contributed by atoms with van der Waals surface area (Å²) in [5.74, 6) is 2.35. The van der Waals surface area contributed by atoms with Gasteiger partial charge in [0.2, 0.25) is 5.91 Å². The number of aromatic nitrogens is 2. The topological polar surface area (TPSA) is 59.0 Å². The summed E-state index contributed by atoms with van der Waals surface area (Å²) in [6, 6.07) is 0.340. The number of nitrogens with zero attached hydrogens (tertiary/aromatic N) is 2. The number of nitrogens with one attached hydrogen (secondary N) is 2. The summed E-state index contributed by atoms with van der Waals surface area (Å²) >= 11 is 1.92. The van der Waals surface area contributed by atoms with Crippen molar-refractivity contribution in [1.29, 1.82) is 0 Å². The van der Waals surface area contributed by atoms with Crippen molar-refractivity contribution < 1.29 is 4.79 Å². The molecule has 1 unspecified atom stereocenters. The van der Waals surface area contributed by atoms with Gasteiger partial charge < -0.3 is 10.6 Å². The van der Waals surface area contributed by atoms with E-state index < -0.39 is 0 Å². The van der Waals surface area contributed by atoms with Gasteiger partial charge >= 0.3 is 0 Å². The van der Waals surface area contributed by atoms with E-state index in [1.54, 1.807) is 0 Å². The van der Waals surface area contributed by atoms with Crippen molar-refractivity contribution in [2.45, 2.75) is 32.4 Å². The lowest BCUT2D eigenvalue weighted by Crippen LogP contribution is -2.41. The van der Waals surface area contributed by atoms with Gasteiger partial charge in [-0.1, -0.05) is 0 Å². The van der Waals surface area contributed by atoms with Gasteiger partial charge in [0.05, 0.1) is 6.20 Å². The monoisotopic (exact) mass is 318 g/mol. The lowest BCUT2D eigenvalue weighted by molar-refractivity contribution is -0.121. The third-order valence-corrected chi connectivity index (χ3v) is 4.21. The molecular weight excluding hydrogens is 296 g/mol. The summed E-state index contributed by atoms with van der Waals surface area (Å²) in [4.78, 5) is 11.7. The van der Waals surface area contributed by atoms with Gasteiger partial charge in [-0.3, -0.25) is 9.48 Å². The van der Waals surface area contributed by atoms with E-state index in [0.717, 1.165) is 37.6 Å². The molecule has 1 atom stereocenters. The zero-order chi connectivity index (χ0) is 13.5. The number of rotatable bonds is 6. The predicted octanol–water partition coefficient (Wildman–Crippen LogP) is 1.21. The lowest BCUT2D eigenvalue weighted by atomic mass is 10.2. The van der Waals surface area contributed by atoms with Gasteiger partial charge in [-0.25, -0.2) is 0 Å². The number of hydrogen-bond acceptors (Lipinski definition) is 4. The van der Waals surface area contributed by atoms with Crippen LogP contribution in [0.15, 0.2) is 12.4 Å². The maximum atomic E-state index is 11.7. The molecule has 2 N–H and O–H groups in total. The predicted molar refractivity (Wildman–Crippen MR) is 85.6 cm³/mol. The molecule has 7 heteroatoms. The van der Waals surface area contributed by atoms with Gasteiger partial charge in [-0.2, -0.15) is 16.9 Å². The third kappa shape index (κ3) is 6.15. The van der Waals surface area contributed by atoms with E-state index >= 15 is 0 Å². The van der Waals surface area contributed by atoms with Crippen LogP contribution in [-0.4, -0.2) is 46.3 Å². The highest BCUT2D eigenvalue weighted by Gasteiger charge is 2.16. The van der Waals surface area contributed by atoms with E-state index in [-0.39, 0.29) is 18.3 Å². The van der Waals surface area contributed by atoms with Crippen LogP contribution in [0.1, 0.15) is 18.4 Å². The largest absolute Gasteiger partial charge is 0.356 e. The van der Waals surface area contributed by atoms with E-state index in [1.165, 1.54) is 5.56 Å². The van der Waals surface area contributed by atoms with Crippen molar-refractivity contribution in [3.05, 3.63) is 18.0 Å². The van der Waals surface area contributed by atoms with Crippen LogP contribution in [-0.2, 0) is 11.3 Å². The van der Waals surface area contributed by atoms with E-state index in [1.807, 2.05) is 35.8 Å². The van der Waals surface area contributed by atoms with Crippen LogP contribution in [0.3, 0.4) is 0 Å². The first-order chi connectivity index (χ1) is 9.24. The highest BCUT2D eigenvalue weighted by atomic mass is 35.5. The summed E-state index contributed by atoms with van der Waals surface area (Å²) in [6.45, 7) is 4.62. The summed E-state index contributed by atoms with van der Waals surface area (Å²) in [7, 11) is 0. The molecule has 1 saturated heterocycles. The molecular formula is C13H23ClN4OS. The van der Waals surface area contributed by atoms with Gasteiger partial charge in [-0.05, 0) is 18.9 Å². The fourth-order valence-electron chi connectivity index (χ4n) is 2.10. The quantitative estimate of drug-likeness (QED) is 0.774. The highest BCUT2D eigenvalue weighted by Crippen LogP contribution is 2.09. The first kappa shape index (κ1) is 17.3. The SMILES string of the molecule is Cc1cnn(CCCNC(=O)CC2CSCCN2)c1.Cl. The maximum Gasteiger partial charge on any atom is 0.221 e. The Balaban J connectivity index is 0.00000200. The molecule has 0 aromatic carbocycles. The molecule has 1 aliphatic rings. The molecule has 0 aliphatic carbocycles. The van der Waals surface area contributed by atoms with Gasteiger partial charge in [0, 0.05) is 49.8 Å². The van der Waals surface area contributed by atoms with E-state index in [0.29, 0.717) is 12.5 Å². The standard InChI is InChI=1S/C13H22N4OS.ClH/c1-11-8-16-17(9-11)5-2-3-15-13(18)7-12-10-19-6-4-14-12;/h8-9,12,14H,2-7,10H2,1H3,(H,15,18);1H. The van der Waals surface area contributed by atoms with Crippen LogP contribution < -0.4 is 10.6 Å². The fourth-order valence-corrected chi connectivity index (χ4v) is 3.05. The number of aryl methyl sites for hydroxylation is 2. The lowest BCUT2D eigenvalue weighted by Gasteiger charge is -2.22. The van der Waals surface area contributed by atoms with Crippen molar-refractivity contribution in [3.63, 3.8) is 0 Å². The minimum atomic E-state index is 0. The van der Waals surface area contributed by atoms with Crippen molar-refractivity contribution in [1.82, 2.24) is 20.4 Å². The van der Waals surface area contributed by atoms with Gasteiger partial charge in [0.1, 0.15) is 0 Å². The summed E-state index contributed by atoms with van der Waals surface area (Å²) in [5, 5.41) is 10.6. The normalized spacial score (nSPS) is 18.4. The van der Waals surface area contributed by atoms with Crippen molar-refractivity contribution in [2.75, 3.05) is 24.6 Å². The Bertz CT molecular complexity index is 407. The van der Waals surface area contributed by atoms with Crippen molar-refractivity contribution >= 4 is 30.1 Å². The molecule has 0 bridgehead atoms. The average molecular weight is 319 g/mol. The number of thioether (sulfide) groups is 1. The van der Waals surface area contributed by atoms with Gasteiger partial charge in [0.25, 0.3) is 0 Å². The molecule has 1 aromatic heterocycles. The molecule has 20 heavy (non-hydrogen) atoms. The van der Waals surface area contributed by atoms with E-state index in [4.69, 9.17) is 0 Å². The zero-order valence-electron chi connectivity index (χ0n) is 11.8. The van der Waals surface area contributed by atoms with Crippen LogP contribution in [0.5, 0.6) is 0 Å². The average Bonchev–Trinajstić information content (AvgIpc) is 2.82. The molecule has 1 amide bonds. The van der Waals surface area contributed by atoms with Crippen molar-refractivity contribution in [2.24, 2.45) is 0 Å². The smallest absolute Gasteiger partial charge is 0.221 e. The highest BCUT2D eigenvalue weighted by molar-refractivity contribution is 7.99. The fraction of sp³-hybridized carbons (Fsp3) is 0.692. The van der Waals surface area contributed by atoms with E-state index in [2.05, 4.69) is 15.7 Å². The van der Waals surface area contributed by atoms with E-state index in [9.17, 15) is 4.79 Å². The molecule has 5 nitrogen and oxygen atoms in total. The van der Waals surface area contributed by atoms with Crippen LogP contribution in [0.4, 0.5) is 0 Å². The molecule has 1 aliphatic heterocycles. The number of hydrogen-bond donors (Lipinski definition) is 2. The van der Waals surface area contributed by atoms with Crippen LogP contribution in [0.25, 0.3) is 0 Å². The van der Waals surface area contributed by atoms with Crippen LogP contribution in [0.2, 0.25) is 0 Å². The molecule has 2 heterocycles. The zero-order valence-corrected chi connectivity index (χ0v) is 13.4. The molecule has 1 aromatic rings. The Morgan fingerprint density at radius 1 is 1.65 bits per heavy atom. The molecule has 0 saturated carbocycles. The maximum absolute atomic E-state index is 11.7. The van der Waals surface area contributed by atoms with Gasteiger partial charge in [0.15, 0.2) is 0 Å². The van der Waals surface area contributed by atoms with Gasteiger partial charge in [-0.15, -0.1) is 12.4 Å². The first-order valence-corrected chi connectivity index (χ1v) is 7.96. The Kier molecular flexibility index (Phi) is 8.02. The van der Waals surface area contributed by atoms with Crippen LogP contribution in [0, 0.1) is 6.92 Å². The Hall–Kier alpha value is -0.720. The number of halogens is 1. The molecule has 0 spiro atoms.